The van der Waals surface area contributed by atoms with Crippen molar-refractivity contribution < 1.29 is 4.39 Å². The lowest BCUT2D eigenvalue weighted by atomic mass is 10.1. The maximum atomic E-state index is 14.1. The lowest BCUT2D eigenvalue weighted by Gasteiger charge is -2.08. The van der Waals surface area contributed by atoms with Crippen LogP contribution in [0.5, 0.6) is 0 Å². The summed E-state index contributed by atoms with van der Waals surface area (Å²) in [5.41, 5.74) is 9.47. The summed E-state index contributed by atoms with van der Waals surface area (Å²) >= 11 is 4.84. The summed E-state index contributed by atoms with van der Waals surface area (Å²) < 4.78 is 15.8. The first kappa shape index (κ1) is 13.7. The zero-order valence-corrected chi connectivity index (χ0v) is 12.0. The highest BCUT2D eigenvalue weighted by Crippen LogP contribution is 2.21. The first-order chi connectivity index (χ1) is 8.95. The standard InChI is InChI=1S/C14H16FN3S/c1-4-11-8(2)17-18(9(11)3)13-6-5-10(14(16)19)7-12(13)15/h5-7H,4H2,1-3H3,(H2,16,19). The van der Waals surface area contributed by atoms with Crippen LogP contribution >= 0.6 is 12.2 Å². The maximum absolute atomic E-state index is 14.1. The Balaban J connectivity index is 2.57. The van der Waals surface area contributed by atoms with Crippen LogP contribution in [0.1, 0.15) is 29.4 Å². The molecule has 0 bridgehead atoms. The number of hydrogen-bond donors (Lipinski definition) is 1. The van der Waals surface area contributed by atoms with E-state index in [9.17, 15) is 4.39 Å². The molecule has 2 N–H and O–H groups in total. The highest BCUT2D eigenvalue weighted by Gasteiger charge is 2.14. The van der Waals surface area contributed by atoms with Gasteiger partial charge in [0, 0.05) is 11.3 Å². The number of nitrogens with two attached hydrogens (primary N) is 1. The topological polar surface area (TPSA) is 43.8 Å². The van der Waals surface area contributed by atoms with E-state index in [4.69, 9.17) is 18.0 Å². The molecule has 2 aromatic rings. The number of thiocarbonyl (C=S) groups is 1. The number of hydrogen-bond acceptors (Lipinski definition) is 2. The molecule has 19 heavy (non-hydrogen) atoms. The van der Waals surface area contributed by atoms with Crippen molar-refractivity contribution in [2.45, 2.75) is 27.2 Å². The molecule has 0 spiro atoms. The average Bonchev–Trinajstić information content (AvgIpc) is 2.64. The van der Waals surface area contributed by atoms with E-state index >= 15 is 0 Å². The van der Waals surface area contributed by atoms with Gasteiger partial charge < -0.3 is 5.73 Å². The highest BCUT2D eigenvalue weighted by molar-refractivity contribution is 7.80. The zero-order chi connectivity index (χ0) is 14.2. The molecule has 0 fully saturated rings. The average molecular weight is 277 g/mol. The SMILES string of the molecule is CCc1c(C)nn(-c2ccc(C(N)=S)cc2F)c1C. The normalized spacial score (nSPS) is 10.7. The summed E-state index contributed by atoms with van der Waals surface area (Å²) in [6.07, 6.45) is 0.879. The van der Waals surface area contributed by atoms with Crippen molar-refractivity contribution in [3.63, 3.8) is 0 Å². The molecule has 0 aliphatic carbocycles. The van der Waals surface area contributed by atoms with Crippen molar-refractivity contribution in [1.29, 1.82) is 0 Å². The molecule has 3 nitrogen and oxygen atoms in total. The lowest BCUT2D eigenvalue weighted by Crippen LogP contribution is -2.11. The summed E-state index contributed by atoms with van der Waals surface area (Å²) in [5, 5.41) is 4.40. The van der Waals surface area contributed by atoms with E-state index in [0.29, 0.717) is 11.3 Å². The van der Waals surface area contributed by atoms with Gasteiger partial charge in [-0.1, -0.05) is 19.1 Å². The third-order valence-corrected chi connectivity index (χ3v) is 3.49. The Morgan fingerprint density at radius 2 is 2.11 bits per heavy atom. The van der Waals surface area contributed by atoms with E-state index in [1.165, 1.54) is 6.07 Å². The van der Waals surface area contributed by atoms with Gasteiger partial charge in [-0.05, 0) is 44.0 Å². The lowest BCUT2D eigenvalue weighted by molar-refractivity contribution is 0.607. The number of aromatic nitrogens is 2. The van der Waals surface area contributed by atoms with Gasteiger partial charge >= 0.3 is 0 Å². The van der Waals surface area contributed by atoms with Crippen LogP contribution in [0, 0.1) is 19.7 Å². The van der Waals surface area contributed by atoms with Gasteiger partial charge in [0.25, 0.3) is 0 Å². The molecule has 0 radical (unpaired) electrons. The number of benzene rings is 1. The molecule has 5 heteroatoms. The van der Waals surface area contributed by atoms with Gasteiger partial charge in [-0.25, -0.2) is 9.07 Å². The summed E-state index contributed by atoms with van der Waals surface area (Å²) in [5.74, 6) is -0.376. The number of halogens is 1. The number of nitrogens with zero attached hydrogens (tertiary/aromatic N) is 2. The number of aryl methyl sites for hydroxylation is 1. The largest absolute Gasteiger partial charge is 0.389 e. The molecule has 1 heterocycles. The molecular formula is C14H16FN3S. The predicted molar refractivity (Wildman–Crippen MR) is 78.3 cm³/mol. The quantitative estimate of drug-likeness (QED) is 0.877. The molecule has 1 aromatic heterocycles. The van der Waals surface area contributed by atoms with Crippen LogP contribution in [0.15, 0.2) is 18.2 Å². The third kappa shape index (κ3) is 2.38. The highest BCUT2D eigenvalue weighted by atomic mass is 32.1. The van der Waals surface area contributed by atoms with Gasteiger partial charge in [-0.2, -0.15) is 5.10 Å². The molecule has 0 aliphatic heterocycles. The van der Waals surface area contributed by atoms with Gasteiger partial charge in [0.2, 0.25) is 0 Å². The summed E-state index contributed by atoms with van der Waals surface area (Å²) in [6.45, 7) is 5.94. The van der Waals surface area contributed by atoms with Gasteiger partial charge in [0.05, 0.1) is 5.69 Å². The van der Waals surface area contributed by atoms with Crippen LogP contribution in [0.4, 0.5) is 4.39 Å². The molecule has 0 aliphatic rings. The summed E-state index contributed by atoms with van der Waals surface area (Å²) in [6, 6.07) is 4.71. The first-order valence-corrected chi connectivity index (χ1v) is 6.51. The Morgan fingerprint density at radius 1 is 1.42 bits per heavy atom. The third-order valence-electron chi connectivity index (χ3n) is 3.26. The molecular weight excluding hydrogens is 261 g/mol. The minimum atomic E-state index is -0.376. The van der Waals surface area contributed by atoms with Gasteiger partial charge in [0.1, 0.15) is 16.5 Å². The van der Waals surface area contributed by atoms with Crippen molar-refractivity contribution in [1.82, 2.24) is 9.78 Å². The molecule has 0 saturated carbocycles. The van der Waals surface area contributed by atoms with E-state index in [1.807, 2.05) is 13.8 Å². The minimum absolute atomic E-state index is 0.188. The summed E-state index contributed by atoms with van der Waals surface area (Å²) in [4.78, 5) is 0.188. The number of rotatable bonds is 3. The second kappa shape index (κ2) is 5.09. The summed E-state index contributed by atoms with van der Waals surface area (Å²) in [7, 11) is 0. The predicted octanol–water partition coefficient (Wildman–Crippen LogP) is 2.82. The molecule has 0 amide bonds. The van der Waals surface area contributed by atoms with E-state index in [1.54, 1.807) is 16.8 Å². The van der Waals surface area contributed by atoms with Crippen molar-refractivity contribution in [3.05, 3.63) is 46.5 Å². The van der Waals surface area contributed by atoms with Crippen molar-refractivity contribution in [2.75, 3.05) is 0 Å². The molecule has 1 aromatic carbocycles. The fourth-order valence-corrected chi connectivity index (χ4v) is 2.38. The van der Waals surface area contributed by atoms with Crippen molar-refractivity contribution >= 4 is 17.2 Å². The Morgan fingerprint density at radius 3 is 2.58 bits per heavy atom. The van der Waals surface area contributed by atoms with Crippen LogP contribution in [0.2, 0.25) is 0 Å². The molecule has 0 unspecified atom stereocenters. The molecule has 0 atom stereocenters. The van der Waals surface area contributed by atoms with E-state index in [2.05, 4.69) is 12.0 Å². The van der Waals surface area contributed by atoms with Gasteiger partial charge in [-0.15, -0.1) is 0 Å². The second-order valence-electron chi connectivity index (χ2n) is 4.45. The van der Waals surface area contributed by atoms with E-state index in [-0.39, 0.29) is 10.8 Å². The molecule has 100 valence electrons. The smallest absolute Gasteiger partial charge is 0.149 e. The first-order valence-electron chi connectivity index (χ1n) is 6.10. The Labute approximate surface area is 117 Å². The second-order valence-corrected chi connectivity index (χ2v) is 4.88. The van der Waals surface area contributed by atoms with Crippen LogP contribution in [0.3, 0.4) is 0 Å². The van der Waals surface area contributed by atoms with Crippen LogP contribution in [0.25, 0.3) is 5.69 Å². The van der Waals surface area contributed by atoms with Crippen molar-refractivity contribution in [2.24, 2.45) is 5.73 Å². The Bertz CT molecular complexity index is 646. The van der Waals surface area contributed by atoms with Crippen LogP contribution in [-0.4, -0.2) is 14.8 Å². The molecule has 0 saturated heterocycles. The maximum Gasteiger partial charge on any atom is 0.149 e. The zero-order valence-electron chi connectivity index (χ0n) is 11.2. The van der Waals surface area contributed by atoms with Gasteiger partial charge in [0.15, 0.2) is 0 Å². The van der Waals surface area contributed by atoms with E-state index < -0.39 is 0 Å². The minimum Gasteiger partial charge on any atom is -0.389 e. The fraction of sp³-hybridized carbons (Fsp3) is 0.286. The van der Waals surface area contributed by atoms with Crippen molar-refractivity contribution in [3.8, 4) is 5.69 Å². The van der Waals surface area contributed by atoms with Gasteiger partial charge in [-0.3, -0.25) is 0 Å². The van der Waals surface area contributed by atoms with Crippen LogP contribution in [-0.2, 0) is 6.42 Å². The van der Waals surface area contributed by atoms with E-state index in [0.717, 1.165) is 23.4 Å². The Kier molecular flexibility index (Phi) is 3.66. The Hall–Kier alpha value is -1.75. The molecule has 2 rings (SSSR count). The fourth-order valence-electron chi connectivity index (χ4n) is 2.25. The van der Waals surface area contributed by atoms with Crippen LogP contribution < -0.4 is 5.73 Å². The monoisotopic (exact) mass is 277 g/mol.